The molecule has 0 saturated carbocycles. The van der Waals surface area contributed by atoms with E-state index in [1.54, 1.807) is 6.20 Å². The number of nitrogens with one attached hydrogen (secondary N) is 1. The molecule has 1 aromatic heterocycles. The molecule has 90 valence electrons. The first kappa shape index (κ1) is 13.3. The molecule has 0 spiro atoms. The third-order valence-corrected chi connectivity index (χ3v) is 2.76. The van der Waals surface area contributed by atoms with Crippen molar-refractivity contribution in [3.8, 4) is 0 Å². The number of nitrogens with two attached hydrogens (primary N) is 1. The molecule has 4 heteroatoms. The van der Waals surface area contributed by atoms with E-state index >= 15 is 0 Å². The van der Waals surface area contributed by atoms with Crippen LogP contribution in [0.15, 0.2) is 12.3 Å². The van der Waals surface area contributed by atoms with E-state index in [4.69, 9.17) is 17.3 Å². The van der Waals surface area contributed by atoms with Gasteiger partial charge >= 0.3 is 0 Å². The van der Waals surface area contributed by atoms with Crippen molar-refractivity contribution in [2.24, 2.45) is 0 Å². The molecule has 0 amide bonds. The van der Waals surface area contributed by atoms with Gasteiger partial charge in [-0.1, -0.05) is 18.5 Å². The Labute approximate surface area is 102 Å². The van der Waals surface area contributed by atoms with Gasteiger partial charge in [-0.25, -0.2) is 4.98 Å². The minimum atomic E-state index is 0.498. The summed E-state index contributed by atoms with van der Waals surface area (Å²) in [7, 11) is 0. The molecule has 3 N–H and O–H groups in total. The zero-order chi connectivity index (χ0) is 12.0. The Hall–Kier alpha value is -0.800. The van der Waals surface area contributed by atoms with Gasteiger partial charge in [0.2, 0.25) is 0 Å². The van der Waals surface area contributed by atoms with Crippen LogP contribution in [0.4, 0.5) is 5.82 Å². The van der Waals surface area contributed by atoms with Gasteiger partial charge < -0.3 is 11.1 Å². The lowest BCUT2D eigenvalue weighted by atomic mass is 10.1. The van der Waals surface area contributed by atoms with Crippen LogP contribution in [0.3, 0.4) is 0 Å². The molecule has 1 rings (SSSR count). The Bertz CT molecular complexity index is 328. The fourth-order valence-corrected chi connectivity index (χ4v) is 1.74. The van der Waals surface area contributed by atoms with Crippen molar-refractivity contribution in [2.75, 3.05) is 12.3 Å². The Morgan fingerprint density at radius 1 is 1.56 bits per heavy atom. The number of aromatic nitrogens is 1. The highest BCUT2D eigenvalue weighted by molar-refractivity contribution is 6.30. The largest absolute Gasteiger partial charge is 0.383 e. The van der Waals surface area contributed by atoms with Gasteiger partial charge in [0.05, 0.1) is 5.02 Å². The van der Waals surface area contributed by atoms with Crippen LogP contribution in [0, 0.1) is 0 Å². The molecule has 0 aromatic carbocycles. The molecule has 1 aromatic rings. The maximum atomic E-state index is 5.88. The zero-order valence-electron chi connectivity index (χ0n) is 9.96. The quantitative estimate of drug-likeness (QED) is 0.805. The number of rotatable bonds is 6. The van der Waals surface area contributed by atoms with Crippen LogP contribution in [-0.2, 0) is 6.42 Å². The normalized spacial score (nSPS) is 12.7. The van der Waals surface area contributed by atoms with Crippen LogP contribution in [0.5, 0.6) is 0 Å². The third kappa shape index (κ3) is 4.37. The highest BCUT2D eigenvalue weighted by Gasteiger charge is 2.05. The Morgan fingerprint density at radius 2 is 2.31 bits per heavy atom. The first-order valence-electron chi connectivity index (χ1n) is 5.76. The molecule has 0 aliphatic carbocycles. The zero-order valence-corrected chi connectivity index (χ0v) is 10.7. The topological polar surface area (TPSA) is 50.9 Å². The van der Waals surface area contributed by atoms with E-state index in [0.29, 0.717) is 16.9 Å². The number of nitrogens with zero attached hydrogens (tertiary/aromatic N) is 1. The van der Waals surface area contributed by atoms with Crippen LogP contribution < -0.4 is 11.1 Å². The van der Waals surface area contributed by atoms with Crippen LogP contribution in [0.1, 0.15) is 32.3 Å². The van der Waals surface area contributed by atoms with E-state index in [0.717, 1.165) is 31.4 Å². The second-order valence-electron chi connectivity index (χ2n) is 4.09. The van der Waals surface area contributed by atoms with Gasteiger partial charge in [-0.15, -0.1) is 0 Å². The number of hydrogen-bond donors (Lipinski definition) is 2. The highest BCUT2D eigenvalue weighted by Crippen LogP contribution is 2.16. The molecule has 0 bridgehead atoms. The minimum absolute atomic E-state index is 0.498. The second-order valence-corrected chi connectivity index (χ2v) is 4.53. The van der Waals surface area contributed by atoms with Gasteiger partial charge in [0.15, 0.2) is 0 Å². The molecule has 16 heavy (non-hydrogen) atoms. The summed E-state index contributed by atoms with van der Waals surface area (Å²) in [6.07, 6.45) is 4.70. The molecule has 1 heterocycles. The van der Waals surface area contributed by atoms with Crippen LogP contribution >= 0.6 is 11.6 Å². The Kier molecular flexibility index (Phi) is 5.56. The van der Waals surface area contributed by atoms with Crippen molar-refractivity contribution in [1.29, 1.82) is 0 Å². The molecule has 3 nitrogen and oxygen atoms in total. The average molecular weight is 242 g/mol. The molecule has 1 atom stereocenters. The number of anilines is 1. The van der Waals surface area contributed by atoms with Gasteiger partial charge in [0.1, 0.15) is 5.82 Å². The number of aryl methyl sites for hydroxylation is 1. The van der Waals surface area contributed by atoms with Crippen molar-refractivity contribution < 1.29 is 0 Å². The Balaban J connectivity index is 2.44. The number of halogens is 1. The molecule has 0 fully saturated rings. The smallest absolute Gasteiger partial charge is 0.126 e. The fourth-order valence-electron chi connectivity index (χ4n) is 1.56. The van der Waals surface area contributed by atoms with Gasteiger partial charge in [0.25, 0.3) is 0 Å². The van der Waals surface area contributed by atoms with Gasteiger partial charge in [-0.05, 0) is 44.4 Å². The van der Waals surface area contributed by atoms with Gasteiger partial charge in [0, 0.05) is 12.2 Å². The predicted molar refractivity (Wildman–Crippen MR) is 69.7 cm³/mol. The fraction of sp³-hybridized carbons (Fsp3) is 0.583. The molecule has 0 saturated heterocycles. The maximum Gasteiger partial charge on any atom is 0.126 e. The van der Waals surface area contributed by atoms with E-state index in [-0.39, 0.29) is 0 Å². The SMILES string of the molecule is CCCNC(C)CCc1cc(Cl)cnc1N. The first-order valence-corrected chi connectivity index (χ1v) is 6.14. The molecule has 1 unspecified atom stereocenters. The average Bonchev–Trinajstić information content (AvgIpc) is 2.27. The number of hydrogen-bond acceptors (Lipinski definition) is 3. The summed E-state index contributed by atoms with van der Waals surface area (Å²) in [5.74, 6) is 0.590. The maximum absolute atomic E-state index is 5.88. The lowest BCUT2D eigenvalue weighted by Crippen LogP contribution is -2.27. The third-order valence-electron chi connectivity index (χ3n) is 2.56. The van der Waals surface area contributed by atoms with Crippen molar-refractivity contribution in [3.63, 3.8) is 0 Å². The monoisotopic (exact) mass is 241 g/mol. The molecular formula is C12H20ClN3. The van der Waals surface area contributed by atoms with Crippen LogP contribution in [-0.4, -0.2) is 17.6 Å². The van der Waals surface area contributed by atoms with Crippen molar-refractivity contribution in [2.45, 2.75) is 39.2 Å². The van der Waals surface area contributed by atoms with Crippen molar-refractivity contribution in [3.05, 3.63) is 22.8 Å². The van der Waals surface area contributed by atoms with E-state index in [2.05, 4.69) is 24.1 Å². The molecule has 0 aliphatic rings. The van der Waals surface area contributed by atoms with Crippen LogP contribution in [0.2, 0.25) is 5.02 Å². The Morgan fingerprint density at radius 3 is 3.00 bits per heavy atom. The van der Waals surface area contributed by atoms with Crippen LogP contribution in [0.25, 0.3) is 0 Å². The van der Waals surface area contributed by atoms with Gasteiger partial charge in [-0.3, -0.25) is 0 Å². The summed E-state index contributed by atoms with van der Waals surface area (Å²) in [6, 6.07) is 2.40. The van der Waals surface area contributed by atoms with E-state index in [1.807, 2.05) is 6.07 Å². The highest BCUT2D eigenvalue weighted by atomic mass is 35.5. The van der Waals surface area contributed by atoms with E-state index < -0.39 is 0 Å². The minimum Gasteiger partial charge on any atom is -0.383 e. The summed E-state index contributed by atoms with van der Waals surface area (Å²) < 4.78 is 0. The molecule has 0 aliphatic heterocycles. The predicted octanol–water partition coefficient (Wildman–Crippen LogP) is 2.64. The summed E-state index contributed by atoms with van der Waals surface area (Å²) >= 11 is 5.88. The second kappa shape index (κ2) is 6.71. The number of nitrogen functional groups attached to an aromatic ring is 1. The first-order chi connectivity index (χ1) is 7.63. The lowest BCUT2D eigenvalue weighted by molar-refractivity contribution is 0.514. The lowest BCUT2D eigenvalue weighted by Gasteiger charge is -2.13. The number of pyridine rings is 1. The standard InChI is InChI=1S/C12H20ClN3/c1-3-6-15-9(2)4-5-10-7-11(13)8-16-12(10)14/h7-9,15H,3-6H2,1-2H3,(H2,14,16). The summed E-state index contributed by atoms with van der Waals surface area (Å²) in [5.41, 5.74) is 6.83. The molecule has 0 radical (unpaired) electrons. The van der Waals surface area contributed by atoms with Gasteiger partial charge in [-0.2, -0.15) is 0 Å². The summed E-state index contributed by atoms with van der Waals surface area (Å²) in [6.45, 7) is 5.41. The summed E-state index contributed by atoms with van der Waals surface area (Å²) in [4.78, 5) is 4.04. The van der Waals surface area contributed by atoms with Crippen molar-refractivity contribution >= 4 is 17.4 Å². The molecular weight excluding hydrogens is 222 g/mol. The summed E-state index contributed by atoms with van der Waals surface area (Å²) in [5, 5.41) is 4.09. The van der Waals surface area contributed by atoms with E-state index in [9.17, 15) is 0 Å². The van der Waals surface area contributed by atoms with E-state index in [1.165, 1.54) is 0 Å². The van der Waals surface area contributed by atoms with Crippen molar-refractivity contribution in [1.82, 2.24) is 10.3 Å².